The zero-order valence-electron chi connectivity index (χ0n) is 26.9. The third-order valence-electron chi connectivity index (χ3n) is 8.42. The summed E-state index contributed by atoms with van der Waals surface area (Å²) in [6.07, 6.45) is -1.43. The highest BCUT2D eigenvalue weighted by atomic mass is 32.2. The number of aromatic nitrogens is 4. The Morgan fingerprint density at radius 2 is 1.61 bits per heavy atom. The number of para-hydroxylation sites is 1. The number of aliphatic hydroxyl groups is 1. The number of carbonyl (C=O) groups excluding carboxylic acids is 1. The van der Waals surface area contributed by atoms with Gasteiger partial charge in [-0.3, -0.25) is 9.59 Å². The number of rotatable bonds is 13. The fraction of sp³-hybridized carbons (Fsp3) is 0.270. The van der Waals surface area contributed by atoms with Crippen LogP contribution in [0.15, 0.2) is 108 Å². The molecular formula is C37H37N5O6S. The third kappa shape index (κ3) is 8.59. The van der Waals surface area contributed by atoms with Crippen molar-refractivity contribution < 1.29 is 29.3 Å². The van der Waals surface area contributed by atoms with Crippen LogP contribution in [0.2, 0.25) is 0 Å². The van der Waals surface area contributed by atoms with Crippen LogP contribution in [0.3, 0.4) is 0 Å². The van der Waals surface area contributed by atoms with Crippen molar-refractivity contribution in [2.45, 2.75) is 56.6 Å². The van der Waals surface area contributed by atoms with E-state index in [4.69, 9.17) is 14.6 Å². The van der Waals surface area contributed by atoms with Crippen molar-refractivity contribution in [3.8, 4) is 16.8 Å². The van der Waals surface area contributed by atoms with Crippen molar-refractivity contribution >= 4 is 23.6 Å². The van der Waals surface area contributed by atoms with Gasteiger partial charge >= 0.3 is 5.97 Å². The monoisotopic (exact) mass is 679 g/mol. The molecule has 252 valence electrons. The number of tetrazole rings is 1. The van der Waals surface area contributed by atoms with E-state index in [-0.39, 0.29) is 43.5 Å². The molecule has 11 nitrogen and oxygen atoms in total. The van der Waals surface area contributed by atoms with E-state index in [1.165, 1.54) is 11.8 Å². The van der Waals surface area contributed by atoms with E-state index in [0.29, 0.717) is 17.5 Å². The summed E-state index contributed by atoms with van der Waals surface area (Å²) in [5.74, 6) is -0.742. The predicted molar refractivity (Wildman–Crippen MR) is 183 cm³/mol. The number of ether oxygens (including phenoxy) is 2. The first-order chi connectivity index (χ1) is 23.9. The average molecular weight is 680 g/mol. The Bertz CT molecular complexity index is 1870. The van der Waals surface area contributed by atoms with Crippen LogP contribution in [0.25, 0.3) is 16.8 Å². The normalized spacial score (nSPS) is 19.0. The first-order valence-corrected chi connectivity index (χ1v) is 17.0. The minimum Gasteiger partial charge on any atom is -0.481 e. The van der Waals surface area contributed by atoms with Gasteiger partial charge in [0.2, 0.25) is 11.1 Å². The number of carboxylic acids is 1. The van der Waals surface area contributed by atoms with Gasteiger partial charge in [-0.2, -0.15) is 4.68 Å². The van der Waals surface area contributed by atoms with Crippen molar-refractivity contribution in [2.75, 3.05) is 5.75 Å². The number of aliphatic hydroxyl groups excluding tert-OH is 1. The smallest absolute Gasteiger partial charge is 0.303 e. The zero-order chi connectivity index (χ0) is 34.2. The van der Waals surface area contributed by atoms with Crippen LogP contribution >= 0.6 is 11.8 Å². The first kappa shape index (κ1) is 34.0. The second-order valence-electron chi connectivity index (χ2n) is 11.8. The van der Waals surface area contributed by atoms with Crippen LogP contribution in [0, 0.1) is 5.92 Å². The number of amides is 1. The number of nitrogens with zero attached hydrogens (tertiary/aromatic N) is 4. The van der Waals surface area contributed by atoms with Gasteiger partial charge < -0.3 is 25.0 Å². The molecular weight excluding hydrogens is 643 g/mol. The summed E-state index contributed by atoms with van der Waals surface area (Å²) in [4.78, 5) is 22.9. The Morgan fingerprint density at radius 3 is 2.37 bits per heavy atom. The quantitative estimate of drug-likeness (QED) is 0.129. The number of thioether (sulfide) groups is 1. The van der Waals surface area contributed by atoms with E-state index in [0.717, 1.165) is 39.1 Å². The third-order valence-corrected chi connectivity index (χ3v) is 9.42. The molecule has 12 heteroatoms. The topological polar surface area (TPSA) is 149 Å². The van der Waals surface area contributed by atoms with Crippen LogP contribution in [0.1, 0.15) is 54.4 Å². The lowest BCUT2D eigenvalue weighted by atomic mass is 9.91. The summed E-state index contributed by atoms with van der Waals surface area (Å²) < 4.78 is 15.1. The number of aliphatic carboxylic acids is 1. The molecule has 1 amide bonds. The van der Waals surface area contributed by atoms with Crippen LogP contribution in [-0.2, 0) is 32.2 Å². The summed E-state index contributed by atoms with van der Waals surface area (Å²) >= 11 is 1.53. The van der Waals surface area contributed by atoms with Crippen molar-refractivity contribution in [3.63, 3.8) is 0 Å². The van der Waals surface area contributed by atoms with Crippen LogP contribution < -0.4 is 5.32 Å². The minimum absolute atomic E-state index is 0.0182. The fourth-order valence-electron chi connectivity index (χ4n) is 5.70. The molecule has 0 aliphatic carbocycles. The first-order valence-electron chi connectivity index (χ1n) is 16.0. The van der Waals surface area contributed by atoms with Gasteiger partial charge in [0.15, 0.2) is 6.29 Å². The van der Waals surface area contributed by atoms with E-state index >= 15 is 0 Å². The fourth-order valence-corrected chi connectivity index (χ4v) is 6.76. The second-order valence-corrected chi connectivity index (χ2v) is 12.8. The summed E-state index contributed by atoms with van der Waals surface area (Å²) in [6, 6.07) is 33.4. The molecule has 4 atom stereocenters. The van der Waals surface area contributed by atoms with Crippen molar-refractivity contribution in [1.29, 1.82) is 0 Å². The summed E-state index contributed by atoms with van der Waals surface area (Å²) in [5.41, 5.74) is 6.37. The van der Waals surface area contributed by atoms with Crippen molar-refractivity contribution in [3.05, 3.63) is 125 Å². The molecule has 0 radical (unpaired) electrons. The highest BCUT2D eigenvalue weighted by Crippen LogP contribution is 2.43. The Labute approximate surface area is 288 Å². The molecule has 6 rings (SSSR count). The number of benzene rings is 4. The lowest BCUT2D eigenvalue weighted by Gasteiger charge is -2.41. The number of hydrogen-bond acceptors (Lipinski definition) is 9. The molecule has 2 heterocycles. The van der Waals surface area contributed by atoms with Crippen LogP contribution in [0.4, 0.5) is 0 Å². The Balaban J connectivity index is 1.22. The molecule has 4 unspecified atom stereocenters. The number of carbonyl (C=O) groups is 2. The lowest BCUT2D eigenvalue weighted by molar-refractivity contribution is -0.268. The van der Waals surface area contributed by atoms with E-state index in [9.17, 15) is 14.7 Å². The highest BCUT2D eigenvalue weighted by Gasteiger charge is 2.38. The summed E-state index contributed by atoms with van der Waals surface area (Å²) in [5, 5.41) is 34.3. The summed E-state index contributed by atoms with van der Waals surface area (Å²) in [7, 11) is 0. The molecule has 1 aromatic heterocycles. The molecule has 0 saturated carbocycles. The largest absolute Gasteiger partial charge is 0.481 e. The molecule has 1 saturated heterocycles. The van der Waals surface area contributed by atoms with Gasteiger partial charge in [-0.1, -0.05) is 97.5 Å². The van der Waals surface area contributed by atoms with E-state index in [1.54, 1.807) is 4.68 Å². The number of carboxylic acid groups (broad SMARTS) is 1. The summed E-state index contributed by atoms with van der Waals surface area (Å²) in [6.45, 7) is 2.38. The van der Waals surface area contributed by atoms with Gasteiger partial charge in [0.1, 0.15) is 0 Å². The molecule has 0 spiro atoms. The van der Waals surface area contributed by atoms with Gasteiger partial charge in [-0.05, 0) is 62.5 Å². The van der Waals surface area contributed by atoms with Gasteiger partial charge in [-0.15, -0.1) is 5.10 Å². The van der Waals surface area contributed by atoms with Gasteiger partial charge in [-0.25, -0.2) is 0 Å². The molecule has 49 heavy (non-hydrogen) atoms. The Kier molecular flexibility index (Phi) is 11.1. The van der Waals surface area contributed by atoms with E-state index in [2.05, 4.69) is 33.8 Å². The maximum atomic E-state index is 12.1. The van der Waals surface area contributed by atoms with Gasteiger partial charge in [0.25, 0.3) is 0 Å². The predicted octanol–water partition coefficient (Wildman–Crippen LogP) is 5.89. The van der Waals surface area contributed by atoms with Crippen LogP contribution in [-0.4, -0.2) is 54.2 Å². The number of nitrogens with one attached hydrogen (secondary N) is 1. The van der Waals surface area contributed by atoms with Crippen molar-refractivity contribution in [2.24, 2.45) is 5.92 Å². The Hall–Kier alpha value is -4.88. The maximum absolute atomic E-state index is 12.1. The Morgan fingerprint density at radius 1 is 0.857 bits per heavy atom. The molecule has 4 aromatic carbocycles. The van der Waals surface area contributed by atoms with E-state index in [1.807, 2.05) is 97.1 Å². The molecule has 1 aliphatic rings. The zero-order valence-corrected chi connectivity index (χ0v) is 27.7. The molecule has 5 aromatic rings. The second kappa shape index (κ2) is 16.0. The SMILES string of the molecule is CC1C(CSc2nnnn2-c2ccccc2)OC(c2cccc(-c3cccc(CNC(=O)CCC(=O)O)c3)c2)OC1c1ccc(CO)cc1. The lowest BCUT2D eigenvalue weighted by Crippen LogP contribution is -2.38. The minimum atomic E-state index is -1.00. The average Bonchev–Trinajstić information content (AvgIpc) is 3.62. The van der Waals surface area contributed by atoms with Crippen molar-refractivity contribution in [1.82, 2.24) is 25.5 Å². The molecule has 1 aliphatic heterocycles. The molecule has 3 N–H and O–H groups in total. The van der Waals surface area contributed by atoms with Gasteiger partial charge in [0.05, 0.1) is 30.9 Å². The maximum Gasteiger partial charge on any atom is 0.303 e. The van der Waals surface area contributed by atoms with Crippen LogP contribution in [0.5, 0.6) is 0 Å². The number of hydrogen-bond donors (Lipinski definition) is 3. The van der Waals surface area contributed by atoms with E-state index < -0.39 is 12.3 Å². The van der Waals surface area contributed by atoms with Gasteiger partial charge in [0, 0.05) is 30.2 Å². The molecule has 0 bridgehead atoms. The standard InChI is InChI=1S/C37H37N5O6S/c1-24-32(23-49-37-39-40-41-42(37)31-11-3-2-4-12-31)47-36(48-35(24)27-15-13-25(22-43)14-16-27)30-10-6-9-29(20-30)28-8-5-7-26(19-28)21-38-33(44)17-18-34(45)46/h2-16,19-20,24,32,35-36,43H,17-18,21-23H2,1H3,(H,38,44)(H,45,46). The molecule has 1 fully saturated rings. The highest BCUT2D eigenvalue weighted by molar-refractivity contribution is 7.99.